The van der Waals surface area contributed by atoms with Gasteiger partial charge in [0.15, 0.2) is 0 Å². The molecule has 0 aliphatic heterocycles. The van der Waals surface area contributed by atoms with Crippen molar-refractivity contribution >= 4 is 23.6 Å². The zero-order valence-corrected chi connectivity index (χ0v) is 12.0. The SMILES string of the molecule is N#Cc1cccc(C(=O)Nc2ccccc2C=CC(=O)NO)c1. The number of carbonyl (C=O) groups is 2. The molecule has 0 saturated carbocycles. The van der Waals surface area contributed by atoms with Crippen LogP contribution in [0.3, 0.4) is 0 Å². The molecular weight excluding hydrogens is 294 g/mol. The molecule has 2 aromatic rings. The number of amides is 2. The summed E-state index contributed by atoms with van der Waals surface area (Å²) in [6.07, 6.45) is 2.61. The predicted octanol–water partition coefficient (Wildman–Crippen LogP) is 2.33. The smallest absolute Gasteiger partial charge is 0.267 e. The topological polar surface area (TPSA) is 102 Å². The highest BCUT2D eigenvalue weighted by Gasteiger charge is 2.08. The van der Waals surface area contributed by atoms with E-state index in [1.807, 2.05) is 6.07 Å². The zero-order chi connectivity index (χ0) is 16.7. The molecule has 2 rings (SSSR count). The van der Waals surface area contributed by atoms with E-state index in [0.29, 0.717) is 22.4 Å². The zero-order valence-electron chi connectivity index (χ0n) is 12.0. The number of benzene rings is 2. The minimum atomic E-state index is -0.673. The highest BCUT2D eigenvalue weighted by Crippen LogP contribution is 2.18. The average molecular weight is 307 g/mol. The van der Waals surface area contributed by atoms with Gasteiger partial charge in [-0.1, -0.05) is 24.3 Å². The van der Waals surface area contributed by atoms with E-state index in [1.54, 1.807) is 42.5 Å². The first-order valence-corrected chi connectivity index (χ1v) is 6.66. The van der Waals surface area contributed by atoms with Gasteiger partial charge in [-0.15, -0.1) is 0 Å². The van der Waals surface area contributed by atoms with Crippen molar-refractivity contribution in [2.45, 2.75) is 0 Å². The Morgan fingerprint density at radius 2 is 1.91 bits per heavy atom. The molecule has 0 unspecified atom stereocenters. The number of nitrogens with one attached hydrogen (secondary N) is 2. The lowest BCUT2D eigenvalue weighted by molar-refractivity contribution is -0.124. The van der Waals surface area contributed by atoms with Gasteiger partial charge < -0.3 is 5.32 Å². The van der Waals surface area contributed by atoms with Gasteiger partial charge in [-0.25, -0.2) is 5.48 Å². The third kappa shape index (κ3) is 4.27. The molecule has 0 bridgehead atoms. The highest BCUT2D eigenvalue weighted by molar-refractivity contribution is 6.05. The number of nitrogens with zero attached hydrogens (tertiary/aromatic N) is 1. The first-order valence-electron chi connectivity index (χ1n) is 6.66. The largest absolute Gasteiger partial charge is 0.321 e. The third-order valence-corrected chi connectivity index (χ3v) is 2.99. The van der Waals surface area contributed by atoms with Crippen LogP contribution in [0.25, 0.3) is 6.08 Å². The monoisotopic (exact) mass is 307 g/mol. The lowest BCUT2D eigenvalue weighted by Crippen LogP contribution is -2.15. The average Bonchev–Trinajstić information content (AvgIpc) is 2.60. The second-order valence-electron chi connectivity index (χ2n) is 4.54. The Bertz CT molecular complexity index is 807. The van der Waals surface area contributed by atoms with Gasteiger partial charge in [-0.05, 0) is 35.9 Å². The number of rotatable bonds is 4. The van der Waals surface area contributed by atoms with E-state index in [9.17, 15) is 9.59 Å². The number of para-hydroxylation sites is 1. The number of hydrogen-bond acceptors (Lipinski definition) is 4. The number of anilines is 1. The Hall–Kier alpha value is -3.43. The van der Waals surface area contributed by atoms with Crippen molar-refractivity contribution in [2.75, 3.05) is 5.32 Å². The summed E-state index contributed by atoms with van der Waals surface area (Å²) in [5.74, 6) is -1.04. The molecule has 0 heterocycles. The molecule has 2 aromatic carbocycles. The third-order valence-electron chi connectivity index (χ3n) is 2.99. The Kier molecular flexibility index (Phi) is 5.23. The molecule has 0 saturated heterocycles. The fraction of sp³-hybridized carbons (Fsp3) is 0. The van der Waals surface area contributed by atoms with E-state index < -0.39 is 5.91 Å². The van der Waals surface area contributed by atoms with Gasteiger partial charge in [-0.3, -0.25) is 14.8 Å². The van der Waals surface area contributed by atoms with Gasteiger partial charge >= 0.3 is 0 Å². The summed E-state index contributed by atoms with van der Waals surface area (Å²) in [6.45, 7) is 0. The molecule has 0 atom stereocenters. The van der Waals surface area contributed by atoms with Gasteiger partial charge in [0.25, 0.3) is 11.8 Å². The van der Waals surface area contributed by atoms with Crippen molar-refractivity contribution in [3.8, 4) is 6.07 Å². The number of nitriles is 1. The van der Waals surface area contributed by atoms with E-state index in [-0.39, 0.29) is 5.91 Å². The van der Waals surface area contributed by atoms with Crippen molar-refractivity contribution in [1.82, 2.24) is 5.48 Å². The number of hydrogen-bond donors (Lipinski definition) is 3. The van der Waals surface area contributed by atoms with Crippen LogP contribution in [0.4, 0.5) is 5.69 Å². The summed E-state index contributed by atoms with van der Waals surface area (Å²) in [6, 6.07) is 15.2. The molecule has 0 radical (unpaired) electrons. The molecule has 0 fully saturated rings. The molecule has 2 amide bonds. The molecule has 23 heavy (non-hydrogen) atoms. The summed E-state index contributed by atoms with van der Waals surface area (Å²) in [5.41, 5.74) is 3.34. The summed E-state index contributed by atoms with van der Waals surface area (Å²) in [4.78, 5) is 23.3. The maximum Gasteiger partial charge on any atom is 0.267 e. The Morgan fingerprint density at radius 1 is 1.13 bits per heavy atom. The van der Waals surface area contributed by atoms with E-state index in [0.717, 1.165) is 6.08 Å². The first-order chi connectivity index (χ1) is 11.1. The molecule has 6 heteroatoms. The molecule has 114 valence electrons. The maximum atomic E-state index is 12.3. The molecule has 0 spiro atoms. The molecule has 0 aliphatic carbocycles. The number of hydroxylamine groups is 1. The Balaban J connectivity index is 2.23. The highest BCUT2D eigenvalue weighted by atomic mass is 16.5. The van der Waals surface area contributed by atoms with Crippen LogP contribution >= 0.6 is 0 Å². The van der Waals surface area contributed by atoms with Crippen LogP contribution in [0.5, 0.6) is 0 Å². The fourth-order valence-corrected chi connectivity index (χ4v) is 1.88. The van der Waals surface area contributed by atoms with E-state index in [4.69, 9.17) is 10.5 Å². The van der Waals surface area contributed by atoms with Gasteiger partial charge in [0, 0.05) is 17.3 Å². The second kappa shape index (κ2) is 7.54. The van der Waals surface area contributed by atoms with Crippen LogP contribution in [-0.2, 0) is 4.79 Å². The molecule has 0 aliphatic rings. The van der Waals surface area contributed by atoms with Crippen LogP contribution in [0.15, 0.2) is 54.6 Å². The minimum Gasteiger partial charge on any atom is -0.321 e. The van der Waals surface area contributed by atoms with Crippen LogP contribution in [0.1, 0.15) is 21.5 Å². The molecular formula is C17H13N3O3. The lowest BCUT2D eigenvalue weighted by atomic mass is 10.1. The quantitative estimate of drug-likeness (QED) is 0.458. The van der Waals surface area contributed by atoms with Crippen molar-refractivity contribution in [2.24, 2.45) is 0 Å². The molecule has 6 nitrogen and oxygen atoms in total. The fourth-order valence-electron chi connectivity index (χ4n) is 1.88. The minimum absolute atomic E-state index is 0.357. The molecule has 3 N–H and O–H groups in total. The summed E-state index contributed by atoms with van der Waals surface area (Å²) in [7, 11) is 0. The number of carbonyl (C=O) groups excluding carboxylic acids is 2. The van der Waals surface area contributed by atoms with Crippen molar-refractivity contribution in [3.05, 3.63) is 71.3 Å². The van der Waals surface area contributed by atoms with Gasteiger partial charge in [-0.2, -0.15) is 5.26 Å². The summed E-state index contributed by atoms with van der Waals surface area (Å²) in [5, 5.41) is 20.1. The van der Waals surface area contributed by atoms with Crippen molar-refractivity contribution < 1.29 is 14.8 Å². The normalized spacial score (nSPS) is 10.1. The van der Waals surface area contributed by atoms with Crippen molar-refractivity contribution in [3.63, 3.8) is 0 Å². The van der Waals surface area contributed by atoms with E-state index in [2.05, 4.69) is 5.32 Å². The Morgan fingerprint density at radius 3 is 2.65 bits per heavy atom. The van der Waals surface area contributed by atoms with Crippen LogP contribution in [-0.4, -0.2) is 17.0 Å². The van der Waals surface area contributed by atoms with E-state index >= 15 is 0 Å². The van der Waals surface area contributed by atoms with Crippen LogP contribution < -0.4 is 10.8 Å². The van der Waals surface area contributed by atoms with Crippen LogP contribution in [0, 0.1) is 11.3 Å². The standard InChI is InChI=1S/C17H13N3O3/c18-11-12-4-3-6-14(10-12)17(22)19-15-7-2-1-5-13(15)8-9-16(21)20-23/h1-10,23H,(H,19,22)(H,20,21). The van der Waals surface area contributed by atoms with Gasteiger partial charge in [0.2, 0.25) is 0 Å². The molecule has 0 aromatic heterocycles. The first kappa shape index (κ1) is 15.9. The van der Waals surface area contributed by atoms with Crippen molar-refractivity contribution in [1.29, 1.82) is 5.26 Å². The van der Waals surface area contributed by atoms with Crippen LogP contribution in [0.2, 0.25) is 0 Å². The lowest BCUT2D eigenvalue weighted by Gasteiger charge is -2.08. The summed E-state index contributed by atoms with van der Waals surface area (Å²) >= 11 is 0. The maximum absolute atomic E-state index is 12.3. The summed E-state index contributed by atoms with van der Waals surface area (Å²) < 4.78 is 0. The Labute approximate surface area is 132 Å². The van der Waals surface area contributed by atoms with E-state index in [1.165, 1.54) is 17.6 Å². The second-order valence-corrected chi connectivity index (χ2v) is 4.54. The van der Waals surface area contributed by atoms with Gasteiger partial charge in [0.05, 0.1) is 11.6 Å². The predicted molar refractivity (Wildman–Crippen MR) is 84.5 cm³/mol. The van der Waals surface area contributed by atoms with Gasteiger partial charge in [0.1, 0.15) is 0 Å².